The first-order chi connectivity index (χ1) is 8.81. The van der Waals surface area contributed by atoms with E-state index >= 15 is 0 Å². The molecule has 98 valence electrons. The van der Waals surface area contributed by atoms with E-state index < -0.39 is 0 Å². The van der Waals surface area contributed by atoms with E-state index in [-0.39, 0.29) is 12.1 Å². The van der Waals surface area contributed by atoms with Crippen LogP contribution in [0.15, 0.2) is 24.3 Å². The third kappa shape index (κ3) is 3.33. The first-order valence-electron chi connectivity index (χ1n) is 6.66. The van der Waals surface area contributed by atoms with Crippen LogP contribution in [0.1, 0.15) is 43.4 Å². The molecule has 0 bridgehead atoms. The highest BCUT2D eigenvalue weighted by molar-refractivity contribution is 5.69. The first-order valence-corrected chi connectivity index (χ1v) is 6.66. The summed E-state index contributed by atoms with van der Waals surface area (Å²) >= 11 is 0. The van der Waals surface area contributed by atoms with E-state index in [4.69, 9.17) is 9.47 Å². The Labute approximate surface area is 108 Å². The Bertz CT molecular complexity index is 400. The van der Waals surface area contributed by atoms with Crippen LogP contribution in [0.3, 0.4) is 0 Å². The van der Waals surface area contributed by atoms with Gasteiger partial charge in [-0.2, -0.15) is 0 Å². The van der Waals surface area contributed by atoms with Gasteiger partial charge in [0, 0.05) is 0 Å². The number of benzene rings is 1. The number of aryl methyl sites for hydroxylation is 1. The molecule has 0 heterocycles. The van der Waals surface area contributed by atoms with Gasteiger partial charge in [0.25, 0.3) is 0 Å². The van der Waals surface area contributed by atoms with Crippen LogP contribution < -0.4 is 0 Å². The van der Waals surface area contributed by atoms with Crippen LogP contribution in [-0.4, -0.2) is 19.2 Å². The zero-order valence-electron chi connectivity index (χ0n) is 10.9. The minimum absolute atomic E-state index is 0.143. The molecule has 0 saturated heterocycles. The van der Waals surface area contributed by atoms with E-state index in [1.165, 1.54) is 11.1 Å². The van der Waals surface area contributed by atoms with Crippen LogP contribution in [-0.2, 0) is 20.7 Å². The van der Waals surface area contributed by atoms with Gasteiger partial charge in [0.2, 0.25) is 0 Å². The number of hydrogen-bond donors (Lipinski definition) is 0. The zero-order chi connectivity index (χ0) is 12.8. The molecule has 3 heteroatoms. The fourth-order valence-electron chi connectivity index (χ4n) is 2.40. The van der Waals surface area contributed by atoms with Gasteiger partial charge in [0.05, 0.1) is 25.7 Å². The van der Waals surface area contributed by atoms with Gasteiger partial charge in [0.1, 0.15) is 0 Å². The molecule has 2 rings (SSSR count). The molecule has 0 N–H and O–H groups in total. The van der Waals surface area contributed by atoms with Crippen LogP contribution in [0.4, 0.5) is 0 Å². The molecule has 18 heavy (non-hydrogen) atoms. The molecule has 3 nitrogen and oxygen atoms in total. The van der Waals surface area contributed by atoms with E-state index in [0.717, 1.165) is 19.3 Å². The van der Waals surface area contributed by atoms with Crippen molar-refractivity contribution in [3.05, 3.63) is 35.4 Å². The molecule has 1 aliphatic rings. The van der Waals surface area contributed by atoms with Crippen molar-refractivity contribution in [2.45, 2.75) is 38.7 Å². The van der Waals surface area contributed by atoms with E-state index in [1.807, 2.05) is 13.0 Å². The van der Waals surface area contributed by atoms with Gasteiger partial charge in [-0.1, -0.05) is 24.3 Å². The number of carbonyl (C=O) groups is 1. The third-order valence-corrected chi connectivity index (χ3v) is 3.24. The van der Waals surface area contributed by atoms with Crippen LogP contribution in [0.2, 0.25) is 0 Å². The summed E-state index contributed by atoms with van der Waals surface area (Å²) in [6, 6.07) is 8.41. The number of hydrogen-bond acceptors (Lipinski definition) is 3. The van der Waals surface area contributed by atoms with Gasteiger partial charge < -0.3 is 9.47 Å². The first kappa shape index (κ1) is 13.1. The van der Waals surface area contributed by atoms with E-state index in [2.05, 4.69) is 18.2 Å². The molecule has 1 aliphatic carbocycles. The lowest BCUT2D eigenvalue weighted by molar-refractivity contribution is -0.144. The molecule has 1 unspecified atom stereocenters. The highest BCUT2D eigenvalue weighted by Gasteiger charge is 2.20. The summed E-state index contributed by atoms with van der Waals surface area (Å²) in [7, 11) is 0. The molecule has 0 aliphatic heterocycles. The minimum atomic E-state index is -0.179. The van der Waals surface area contributed by atoms with Crippen molar-refractivity contribution in [2.24, 2.45) is 0 Å². The van der Waals surface area contributed by atoms with Crippen LogP contribution in [0, 0.1) is 0 Å². The number of rotatable bonds is 5. The van der Waals surface area contributed by atoms with Gasteiger partial charge in [-0.15, -0.1) is 0 Å². The number of esters is 1. The Hall–Kier alpha value is -1.35. The summed E-state index contributed by atoms with van der Waals surface area (Å²) < 4.78 is 10.7. The highest BCUT2D eigenvalue weighted by Crippen LogP contribution is 2.32. The lowest BCUT2D eigenvalue weighted by Crippen LogP contribution is -2.15. The van der Waals surface area contributed by atoms with Crippen LogP contribution in [0.5, 0.6) is 0 Å². The topological polar surface area (TPSA) is 35.5 Å². The summed E-state index contributed by atoms with van der Waals surface area (Å²) in [5.74, 6) is -0.179. The minimum Gasteiger partial charge on any atom is -0.466 e. The van der Waals surface area contributed by atoms with Gasteiger partial charge in [-0.05, 0) is 37.3 Å². The SMILES string of the molecule is CCOC(=O)CCOC1CCCc2ccccc21. The largest absolute Gasteiger partial charge is 0.466 e. The van der Waals surface area contributed by atoms with Gasteiger partial charge >= 0.3 is 5.97 Å². The summed E-state index contributed by atoms with van der Waals surface area (Å²) in [4.78, 5) is 11.2. The quantitative estimate of drug-likeness (QED) is 0.751. The average molecular weight is 248 g/mol. The van der Waals surface area contributed by atoms with Gasteiger partial charge in [0.15, 0.2) is 0 Å². The second-order valence-electron chi connectivity index (χ2n) is 4.51. The van der Waals surface area contributed by atoms with Crippen molar-refractivity contribution >= 4 is 5.97 Å². The lowest BCUT2D eigenvalue weighted by atomic mass is 9.89. The van der Waals surface area contributed by atoms with Gasteiger partial charge in [-0.3, -0.25) is 4.79 Å². The van der Waals surface area contributed by atoms with Crippen molar-refractivity contribution < 1.29 is 14.3 Å². The van der Waals surface area contributed by atoms with Crippen molar-refractivity contribution in [3.8, 4) is 0 Å². The molecule has 0 amide bonds. The normalized spacial score (nSPS) is 18.2. The molecule has 1 atom stereocenters. The molecule has 0 radical (unpaired) electrons. The fourth-order valence-corrected chi connectivity index (χ4v) is 2.40. The summed E-state index contributed by atoms with van der Waals surface area (Å²) in [5, 5.41) is 0. The average Bonchev–Trinajstić information content (AvgIpc) is 2.39. The number of fused-ring (bicyclic) bond motifs is 1. The lowest BCUT2D eigenvalue weighted by Gasteiger charge is -2.25. The molecule has 0 fully saturated rings. The molecule has 1 aromatic rings. The predicted octanol–water partition coefficient (Wildman–Crippen LogP) is 3.03. The molecule has 0 aromatic heterocycles. The molecule has 1 aromatic carbocycles. The van der Waals surface area contributed by atoms with E-state index in [1.54, 1.807) is 0 Å². The summed E-state index contributed by atoms with van der Waals surface area (Å²) in [6.45, 7) is 2.69. The number of carbonyl (C=O) groups excluding carboxylic acids is 1. The molecular formula is C15H20O3. The van der Waals surface area contributed by atoms with Crippen LogP contribution >= 0.6 is 0 Å². The fraction of sp³-hybridized carbons (Fsp3) is 0.533. The maximum atomic E-state index is 11.2. The van der Waals surface area contributed by atoms with E-state index in [9.17, 15) is 4.79 Å². The summed E-state index contributed by atoms with van der Waals surface area (Å²) in [6.07, 6.45) is 3.81. The smallest absolute Gasteiger partial charge is 0.308 e. The van der Waals surface area contributed by atoms with E-state index in [0.29, 0.717) is 19.6 Å². The molecule has 0 saturated carbocycles. The monoisotopic (exact) mass is 248 g/mol. The Morgan fingerprint density at radius 1 is 1.39 bits per heavy atom. The number of ether oxygens (including phenoxy) is 2. The maximum Gasteiger partial charge on any atom is 0.308 e. The Kier molecular flexibility index (Phi) is 4.76. The highest BCUT2D eigenvalue weighted by atomic mass is 16.5. The van der Waals surface area contributed by atoms with Crippen molar-refractivity contribution in [3.63, 3.8) is 0 Å². The Morgan fingerprint density at radius 2 is 2.22 bits per heavy atom. The molecule has 0 spiro atoms. The van der Waals surface area contributed by atoms with Gasteiger partial charge in [-0.25, -0.2) is 0 Å². The van der Waals surface area contributed by atoms with Crippen LogP contribution in [0.25, 0.3) is 0 Å². The third-order valence-electron chi connectivity index (χ3n) is 3.24. The zero-order valence-corrected chi connectivity index (χ0v) is 10.9. The predicted molar refractivity (Wildman–Crippen MR) is 69.3 cm³/mol. The summed E-state index contributed by atoms with van der Waals surface area (Å²) in [5.41, 5.74) is 2.66. The van der Waals surface area contributed by atoms with Crippen molar-refractivity contribution in [1.29, 1.82) is 0 Å². The molecular weight excluding hydrogens is 228 g/mol. The Balaban J connectivity index is 1.86. The second kappa shape index (κ2) is 6.55. The Morgan fingerprint density at radius 3 is 3.06 bits per heavy atom. The maximum absolute atomic E-state index is 11.2. The van der Waals surface area contributed by atoms with Crippen molar-refractivity contribution in [2.75, 3.05) is 13.2 Å². The second-order valence-corrected chi connectivity index (χ2v) is 4.51. The van der Waals surface area contributed by atoms with Crippen molar-refractivity contribution in [1.82, 2.24) is 0 Å². The standard InChI is InChI=1S/C15H20O3/c1-2-17-15(16)10-11-18-14-9-5-7-12-6-3-4-8-13(12)14/h3-4,6,8,14H,2,5,7,9-11H2,1H3.